The van der Waals surface area contributed by atoms with E-state index in [0.29, 0.717) is 6.61 Å². The molecule has 0 saturated carbocycles. The molecule has 0 fully saturated rings. The molecule has 5 nitrogen and oxygen atoms in total. The summed E-state index contributed by atoms with van der Waals surface area (Å²) in [5.74, 6) is 2.70. The average Bonchev–Trinajstić information content (AvgIpc) is 2.81. The standard InChI is InChI=1S/C26H34O5/c1-5-7-15-26(20-9-11-21(12-10-20)30-18-27-3)17-29-25-16-22(31-19-28-4)13-14-23(25)24(26)8-6-2/h6,9-14,16,24H,2,5,7-8,15,17-19H2,1,3-4H3. The molecule has 0 saturated heterocycles. The van der Waals surface area contributed by atoms with Crippen LogP contribution in [0.4, 0.5) is 0 Å². The van der Waals surface area contributed by atoms with E-state index in [0.717, 1.165) is 42.9 Å². The van der Waals surface area contributed by atoms with Crippen LogP contribution in [0.5, 0.6) is 17.2 Å². The number of benzene rings is 2. The Kier molecular flexibility index (Phi) is 8.38. The van der Waals surface area contributed by atoms with E-state index >= 15 is 0 Å². The number of unbranched alkanes of at least 4 members (excludes halogenated alkanes) is 1. The molecule has 0 bridgehead atoms. The van der Waals surface area contributed by atoms with Crippen molar-refractivity contribution >= 4 is 0 Å². The van der Waals surface area contributed by atoms with Crippen molar-refractivity contribution in [2.24, 2.45) is 0 Å². The van der Waals surface area contributed by atoms with Gasteiger partial charge in [0.2, 0.25) is 0 Å². The van der Waals surface area contributed by atoms with Crippen molar-refractivity contribution in [3.8, 4) is 17.2 Å². The Bertz CT molecular complexity index is 832. The molecule has 0 radical (unpaired) electrons. The van der Waals surface area contributed by atoms with Crippen LogP contribution in [-0.2, 0) is 14.9 Å². The Morgan fingerprint density at radius 2 is 1.71 bits per heavy atom. The van der Waals surface area contributed by atoms with E-state index < -0.39 is 0 Å². The van der Waals surface area contributed by atoms with Crippen molar-refractivity contribution in [3.05, 3.63) is 66.2 Å². The van der Waals surface area contributed by atoms with Crippen LogP contribution in [0.2, 0.25) is 0 Å². The highest BCUT2D eigenvalue weighted by atomic mass is 16.7. The van der Waals surface area contributed by atoms with Crippen molar-refractivity contribution in [2.45, 2.75) is 43.9 Å². The number of fused-ring (bicyclic) bond motifs is 1. The first kappa shape index (κ1) is 23.2. The van der Waals surface area contributed by atoms with Gasteiger partial charge < -0.3 is 23.7 Å². The topological polar surface area (TPSA) is 46.2 Å². The van der Waals surface area contributed by atoms with Crippen molar-refractivity contribution < 1.29 is 23.7 Å². The zero-order chi connectivity index (χ0) is 22.1. The predicted molar refractivity (Wildman–Crippen MR) is 122 cm³/mol. The molecule has 1 heterocycles. The minimum Gasteiger partial charge on any atom is -0.492 e. The van der Waals surface area contributed by atoms with Crippen LogP contribution in [0.3, 0.4) is 0 Å². The zero-order valence-electron chi connectivity index (χ0n) is 18.9. The summed E-state index contributed by atoms with van der Waals surface area (Å²) in [6.45, 7) is 7.36. The minimum absolute atomic E-state index is 0.133. The van der Waals surface area contributed by atoms with E-state index in [1.165, 1.54) is 11.1 Å². The fraction of sp³-hybridized carbons (Fsp3) is 0.462. The lowest BCUT2D eigenvalue weighted by atomic mass is 9.63. The highest BCUT2D eigenvalue weighted by Gasteiger charge is 2.45. The maximum atomic E-state index is 6.38. The third kappa shape index (κ3) is 5.23. The number of ether oxygens (including phenoxy) is 5. The zero-order valence-corrected chi connectivity index (χ0v) is 18.9. The molecule has 1 aliphatic heterocycles. The van der Waals surface area contributed by atoms with E-state index in [1.807, 2.05) is 30.3 Å². The Hall–Kier alpha value is -2.50. The van der Waals surface area contributed by atoms with Crippen molar-refractivity contribution in [1.29, 1.82) is 0 Å². The summed E-state index contributed by atoms with van der Waals surface area (Å²) in [7, 11) is 3.24. The van der Waals surface area contributed by atoms with Gasteiger partial charge in [-0.1, -0.05) is 44.0 Å². The molecule has 31 heavy (non-hydrogen) atoms. The molecule has 2 unspecified atom stereocenters. The van der Waals surface area contributed by atoms with Crippen LogP contribution in [0, 0.1) is 0 Å². The fourth-order valence-electron chi connectivity index (χ4n) is 4.45. The van der Waals surface area contributed by atoms with Crippen LogP contribution < -0.4 is 14.2 Å². The molecule has 3 rings (SSSR count). The van der Waals surface area contributed by atoms with Gasteiger partial charge in [0.25, 0.3) is 0 Å². The van der Waals surface area contributed by atoms with E-state index in [4.69, 9.17) is 23.7 Å². The molecule has 0 spiro atoms. The van der Waals surface area contributed by atoms with Crippen molar-refractivity contribution in [3.63, 3.8) is 0 Å². The van der Waals surface area contributed by atoms with E-state index in [9.17, 15) is 0 Å². The lowest BCUT2D eigenvalue weighted by Crippen LogP contribution is -2.43. The number of rotatable bonds is 12. The van der Waals surface area contributed by atoms with E-state index in [2.05, 4.69) is 31.7 Å². The molecular weight excluding hydrogens is 392 g/mol. The van der Waals surface area contributed by atoms with Gasteiger partial charge in [-0.25, -0.2) is 0 Å². The van der Waals surface area contributed by atoms with Gasteiger partial charge in [0.15, 0.2) is 13.6 Å². The maximum Gasteiger partial charge on any atom is 0.188 e. The summed E-state index contributed by atoms with van der Waals surface area (Å²) in [6.07, 6.45) is 6.20. The first-order valence-electron chi connectivity index (χ1n) is 10.9. The van der Waals surface area contributed by atoms with Gasteiger partial charge in [-0.15, -0.1) is 6.58 Å². The van der Waals surface area contributed by atoms with Gasteiger partial charge in [0.05, 0.1) is 6.61 Å². The molecule has 0 aliphatic carbocycles. The van der Waals surface area contributed by atoms with Crippen LogP contribution >= 0.6 is 0 Å². The highest BCUT2D eigenvalue weighted by Crippen LogP contribution is 2.52. The van der Waals surface area contributed by atoms with Crippen LogP contribution in [0.1, 0.15) is 49.7 Å². The first-order valence-corrected chi connectivity index (χ1v) is 10.9. The lowest BCUT2D eigenvalue weighted by Gasteiger charge is -2.45. The normalized spacial score (nSPS) is 19.9. The van der Waals surface area contributed by atoms with Gasteiger partial charge >= 0.3 is 0 Å². The maximum absolute atomic E-state index is 6.38. The number of allylic oxidation sites excluding steroid dienone is 1. The second-order valence-electron chi connectivity index (χ2n) is 7.95. The Labute approximate surface area is 185 Å². The first-order chi connectivity index (χ1) is 15.2. The van der Waals surface area contributed by atoms with Crippen molar-refractivity contribution in [2.75, 3.05) is 34.4 Å². The summed E-state index contributed by atoms with van der Waals surface area (Å²) in [4.78, 5) is 0. The number of hydrogen-bond donors (Lipinski definition) is 0. The highest BCUT2D eigenvalue weighted by molar-refractivity contribution is 5.49. The van der Waals surface area contributed by atoms with Gasteiger partial charge in [-0.2, -0.15) is 0 Å². The van der Waals surface area contributed by atoms with Crippen molar-refractivity contribution in [1.82, 2.24) is 0 Å². The predicted octanol–water partition coefficient (Wildman–Crippen LogP) is 5.83. The van der Waals surface area contributed by atoms with Crippen LogP contribution in [-0.4, -0.2) is 34.4 Å². The van der Waals surface area contributed by atoms with E-state index in [-0.39, 0.29) is 24.9 Å². The second-order valence-corrected chi connectivity index (χ2v) is 7.95. The fourth-order valence-corrected chi connectivity index (χ4v) is 4.45. The summed E-state index contributed by atoms with van der Waals surface area (Å²) >= 11 is 0. The quantitative estimate of drug-likeness (QED) is 0.315. The summed E-state index contributed by atoms with van der Waals surface area (Å²) in [5, 5.41) is 0. The lowest BCUT2D eigenvalue weighted by molar-refractivity contribution is 0.0504. The Morgan fingerprint density at radius 3 is 2.35 bits per heavy atom. The number of methoxy groups -OCH3 is 2. The molecule has 1 aliphatic rings. The smallest absolute Gasteiger partial charge is 0.188 e. The Balaban J connectivity index is 1.99. The Morgan fingerprint density at radius 1 is 1.03 bits per heavy atom. The summed E-state index contributed by atoms with van der Waals surface area (Å²) in [5.41, 5.74) is 2.33. The third-order valence-corrected chi connectivity index (χ3v) is 6.01. The summed E-state index contributed by atoms with van der Waals surface area (Å²) < 4.78 is 27.6. The van der Waals surface area contributed by atoms with Crippen LogP contribution in [0.25, 0.3) is 0 Å². The largest absolute Gasteiger partial charge is 0.492 e. The van der Waals surface area contributed by atoms with Gasteiger partial charge in [0, 0.05) is 31.6 Å². The van der Waals surface area contributed by atoms with Gasteiger partial charge in [0.1, 0.15) is 17.2 Å². The molecule has 2 aromatic carbocycles. The molecule has 0 N–H and O–H groups in total. The van der Waals surface area contributed by atoms with Gasteiger partial charge in [-0.05, 0) is 42.2 Å². The minimum atomic E-state index is -0.133. The molecular formula is C26H34O5. The molecule has 2 atom stereocenters. The average molecular weight is 427 g/mol. The SMILES string of the molecule is C=CCC1c2ccc(OCOC)cc2OCC1(CCCC)c1ccc(OCOC)cc1. The molecule has 5 heteroatoms. The second kappa shape index (κ2) is 11.2. The molecule has 168 valence electrons. The van der Waals surface area contributed by atoms with E-state index in [1.54, 1.807) is 14.2 Å². The molecule has 0 amide bonds. The third-order valence-electron chi connectivity index (χ3n) is 6.01. The summed E-state index contributed by atoms with van der Waals surface area (Å²) in [6, 6.07) is 14.5. The number of hydrogen-bond acceptors (Lipinski definition) is 5. The van der Waals surface area contributed by atoms with Gasteiger partial charge in [-0.3, -0.25) is 0 Å². The van der Waals surface area contributed by atoms with Crippen LogP contribution in [0.15, 0.2) is 55.1 Å². The molecule has 0 aromatic heterocycles. The molecule has 2 aromatic rings. The monoisotopic (exact) mass is 426 g/mol.